The first kappa shape index (κ1) is 36.3. The molecule has 2 aromatic carbocycles. The van der Waals surface area contributed by atoms with E-state index in [-0.39, 0.29) is 35.8 Å². The van der Waals surface area contributed by atoms with Crippen molar-refractivity contribution in [2.45, 2.75) is 39.5 Å². The predicted octanol–water partition coefficient (Wildman–Crippen LogP) is 3.74. The number of hydrogen-bond acceptors (Lipinski definition) is 10. The van der Waals surface area contributed by atoms with Gasteiger partial charge in [-0.1, -0.05) is 26.0 Å². The second-order valence-corrected chi connectivity index (χ2v) is 8.59. The summed E-state index contributed by atoms with van der Waals surface area (Å²) in [6, 6.07) is 8.57. The summed E-state index contributed by atoms with van der Waals surface area (Å²) in [7, 11) is -4.67. The minimum Gasteiger partial charge on any atom is -0.504 e. The Morgan fingerprint density at radius 3 is 1.54 bits per heavy atom. The molecule has 0 spiro atoms. The average molecular weight is 599 g/mol. The van der Waals surface area contributed by atoms with Crippen LogP contribution in [0.1, 0.15) is 50.7 Å². The molecule has 14 nitrogen and oxygen atoms in total. The maximum absolute atomic E-state index is 11.7. The molecule has 0 aromatic heterocycles. The number of hydrogen-bond donors (Lipinski definition) is 6. The molecule has 0 radical (unpaired) electrons. The van der Waals surface area contributed by atoms with Crippen molar-refractivity contribution >= 4 is 46.4 Å². The van der Waals surface area contributed by atoms with Crippen LogP contribution in [-0.4, -0.2) is 61.8 Å². The van der Waals surface area contributed by atoms with Crippen molar-refractivity contribution in [3.05, 3.63) is 59.7 Å². The Morgan fingerprint density at radius 1 is 0.707 bits per heavy atom. The van der Waals surface area contributed by atoms with E-state index in [0.717, 1.165) is 12.2 Å². The van der Waals surface area contributed by atoms with Crippen LogP contribution < -0.4 is 9.47 Å². The lowest BCUT2D eigenvalue weighted by Gasteiger charge is -2.11. The lowest BCUT2D eigenvalue weighted by molar-refractivity contribution is -0.137. The maximum atomic E-state index is 11.7. The Hall–Kier alpha value is -4.73. The fourth-order valence-corrected chi connectivity index (χ4v) is 2.53. The van der Waals surface area contributed by atoms with Gasteiger partial charge in [-0.2, -0.15) is 8.42 Å². The number of phenols is 2. The van der Waals surface area contributed by atoms with E-state index in [1.54, 1.807) is 6.07 Å². The molecule has 2 rings (SSSR count). The van der Waals surface area contributed by atoms with Gasteiger partial charge in [0.2, 0.25) is 0 Å². The Morgan fingerprint density at radius 2 is 1.12 bits per heavy atom. The quantitative estimate of drug-likeness (QED) is 0.0750. The zero-order valence-corrected chi connectivity index (χ0v) is 22.8. The Labute approximate surface area is 235 Å². The highest BCUT2D eigenvalue weighted by atomic mass is 32.3. The minimum absolute atomic E-state index is 0.0976. The number of rotatable bonds is 10. The molecule has 0 heterocycles. The molecule has 2 aromatic rings. The van der Waals surface area contributed by atoms with Gasteiger partial charge in [-0.3, -0.25) is 18.7 Å². The summed E-state index contributed by atoms with van der Waals surface area (Å²) >= 11 is 0. The highest BCUT2D eigenvalue weighted by Crippen LogP contribution is 2.30. The summed E-state index contributed by atoms with van der Waals surface area (Å²) in [5, 5.41) is 34.9. The molecule has 0 aliphatic carbocycles. The first-order valence-corrected chi connectivity index (χ1v) is 13.0. The largest absolute Gasteiger partial charge is 0.504 e. The van der Waals surface area contributed by atoms with Crippen LogP contribution in [0, 0.1) is 0 Å². The predicted molar refractivity (Wildman–Crippen MR) is 145 cm³/mol. The van der Waals surface area contributed by atoms with E-state index in [9.17, 15) is 19.2 Å². The standard InChI is InChI=1S/C17H20O6.C9H8O4.H2O4S/c1-3-5-16(20)22-13-9-7-12(8-10-15(18)19)11-14(13)23-17(21)6-4-2;10-7-3-1-6(5-8(7)11)2-4-9(12)13;1-5(2,3)4/h7-11H,3-6H2,1-2H3,(H,18,19);1-5,10-11H,(H,12,13);(H2,1,2,3,4)/b10-8+;4-2+;. The van der Waals surface area contributed by atoms with Gasteiger partial charge < -0.3 is 29.9 Å². The third kappa shape index (κ3) is 19.0. The zero-order valence-electron chi connectivity index (χ0n) is 22.0. The minimum atomic E-state index is -4.67. The molecule has 41 heavy (non-hydrogen) atoms. The molecule has 6 N–H and O–H groups in total. The van der Waals surface area contributed by atoms with Gasteiger partial charge in [0.15, 0.2) is 23.0 Å². The molecule has 0 bridgehead atoms. The molecule has 0 aliphatic rings. The van der Waals surface area contributed by atoms with Gasteiger partial charge in [-0.25, -0.2) is 9.59 Å². The zero-order chi connectivity index (χ0) is 31.6. The van der Waals surface area contributed by atoms with Crippen LogP contribution in [0.3, 0.4) is 0 Å². The number of carbonyl (C=O) groups is 4. The fraction of sp³-hybridized carbons (Fsp3) is 0.231. The topological polar surface area (TPSA) is 242 Å². The van der Waals surface area contributed by atoms with Gasteiger partial charge in [0.25, 0.3) is 0 Å². The molecular weight excluding hydrogens is 568 g/mol. The smallest absolute Gasteiger partial charge is 0.394 e. The third-order valence-electron chi connectivity index (χ3n) is 4.16. The second-order valence-electron chi connectivity index (χ2n) is 7.69. The molecule has 0 aliphatic heterocycles. The van der Waals surface area contributed by atoms with Gasteiger partial charge in [0.1, 0.15) is 0 Å². The van der Waals surface area contributed by atoms with Crippen molar-refractivity contribution in [1.29, 1.82) is 0 Å². The van der Waals surface area contributed by atoms with Crippen molar-refractivity contribution in [2.24, 2.45) is 0 Å². The first-order valence-electron chi connectivity index (χ1n) is 11.6. The van der Waals surface area contributed by atoms with E-state index in [4.69, 9.17) is 47.4 Å². The number of ether oxygens (including phenoxy) is 2. The molecule has 0 atom stereocenters. The number of aromatic hydroxyl groups is 2. The van der Waals surface area contributed by atoms with Crippen LogP contribution in [0.15, 0.2) is 48.6 Å². The summed E-state index contributed by atoms with van der Waals surface area (Å²) in [6.07, 6.45) is 6.35. The number of carboxylic acids is 2. The lowest BCUT2D eigenvalue weighted by Crippen LogP contribution is -2.11. The maximum Gasteiger partial charge on any atom is 0.394 e. The van der Waals surface area contributed by atoms with Crippen molar-refractivity contribution < 1.29 is 66.6 Å². The van der Waals surface area contributed by atoms with E-state index in [2.05, 4.69) is 0 Å². The van der Waals surface area contributed by atoms with Crippen LogP contribution in [-0.2, 0) is 29.6 Å². The second kappa shape index (κ2) is 18.5. The molecule has 0 fully saturated rings. The highest BCUT2D eigenvalue weighted by molar-refractivity contribution is 7.79. The molecule has 224 valence electrons. The van der Waals surface area contributed by atoms with Gasteiger partial charge in [0.05, 0.1) is 0 Å². The van der Waals surface area contributed by atoms with Crippen molar-refractivity contribution in [3.63, 3.8) is 0 Å². The number of phenolic OH excluding ortho intramolecular Hbond substituents is 2. The van der Waals surface area contributed by atoms with E-state index >= 15 is 0 Å². The third-order valence-corrected chi connectivity index (χ3v) is 4.16. The van der Waals surface area contributed by atoms with Gasteiger partial charge >= 0.3 is 34.3 Å². The van der Waals surface area contributed by atoms with Gasteiger partial charge in [-0.15, -0.1) is 0 Å². The Kier molecular flexibility index (Phi) is 16.4. The molecule has 0 amide bonds. The molecular formula is C26H30O14S. The summed E-state index contributed by atoms with van der Waals surface area (Å²) in [4.78, 5) is 44.0. The van der Waals surface area contributed by atoms with E-state index in [0.29, 0.717) is 24.0 Å². The number of carbonyl (C=O) groups excluding carboxylic acids is 2. The Balaban J connectivity index is 0.000000741. The van der Waals surface area contributed by atoms with Crippen molar-refractivity contribution in [2.75, 3.05) is 0 Å². The number of benzene rings is 2. The summed E-state index contributed by atoms with van der Waals surface area (Å²) in [5.41, 5.74) is 1.03. The van der Waals surface area contributed by atoms with Crippen LogP contribution in [0.4, 0.5) is 0 Å². The van der Waals surface area contributed by atoms with Gasteiger partial charge in [-0.05, 0) is 60.4 Å². The summed E-state index contributed by atoms with van der Waals surface area (Å²) in [5.74, 6) is -3.28. The molecule has 0 saturated heterocycles. The average Bonchev–Trinajstić information content (AvgIpc) is 2.84. The van der Waals surface area contributed by atoms with E-state index < -0.39 is 34.3 Å². The van der Waals surface area contributed by atoms with Crippen LogP contribution >= 0.6 is 0 Å². The van der Waals surface area contributed by atoms with Crippen LogP contribution in [0.2, 0.25) is 0 Å². The van der Waals surface area contributed by atoms with E-state index in [1.807, 2.05) is 13.8 Å². The lowest BCUT2D eigenvalue weighted by atomic mass is 10.2. The molecule has 0 saturated carbocycles. The molecule has 0 unspecified atom stereocenters. The number of esters is 2. The normalized spacial score (nSPS) is 10.6. The van der Waals surface area contributed by atoms with Crippen molar-refractivity contribution in [1.82, 2.24) is 0 Å². The van der Waals surface area contributed by atoms with Gasteiger partial charge in [0, 0.05) is 25.0 Å². The SMILES string of the molecule is CCCC(=O)Oc1ccc(/C=C/C(=O)O)cc1OC(=O)CCC.O=C(O)/C=C/c1ccc(O)c(O)c1.O=S(=O)(O)O. The summed E-state index contributed by atoms with van der Waals surface area (Å²) in [6.45, 7) is 3.69. The fourth-order valence-electron chi connectivity index (χ4n) is 2.53. The highest BCUT2D eigenvalue weighted by Gasteiger charge is 2.14. The van der Waals surface area contributed by atoms with E-state index in [1.165, 1.54) is 42.5 Å². The van der Waals surface area contributed by atoms with Crippen LogP contribution in [0.25, 0.3) is 12.2 Å². The number of aliphatic carboxylic acids is 2. The Bertz CT molecular complexity index is 1350. The monoisotopic (exact) mass is 598 g/mol. The molecule has 15 heteroatoms. The first-order chi connectivity index (χ1) is 19.0. The van der Waals surface area contributed by atoms with Crippen molar-refractivity contribution in [3.8, 4) is 23.0 Å². The van der Waals surface area contributed by atoms with Crippen LogP contribution in [0.5, 0.6) is 23.0 Å². The summed E-state index contributed by atoms with van der Waals surface area (Å²) < 4.78 is 42.0. The number of carboxylic acid groups (broad SMARTS) is 2.